The van der Waals surface area contributed by atoms with Gasteiger partial charge >= 0.3 is 0 Å². The maximum absolute atomic E-state index is 12.8. The summed E-state index contributed by atoms with van der Waals surface area (Å²) in [5, 5.41) is 6.00. The Kier molecular flexibility index (Phi) is 4.79. The van der Waals surface area contributed by atoms with E-state index in [2.05, 4.69) is 42.0 Å². The summed E-state index contributed by atoms with van der Waals surface area (Å²) in [7, 11) is 0. The monoisotopic (exact) mass is 382 g/mol. The van der Waals surface area contributed by atoms with E-state index in [9.17, 15) is 4.79 Å². The molecule has 1 amide bonds. The van der Waals surface area contributed by atoms with E-state index in [-0.39, 0.29) is 12.5 Å². The van der Waals surface area contributed by atoms with Crippen molar-refractivity contribution in [2.45, 2.75) is 20.4 Å². The van der Waals surface area contributed by atoms with E-state index < -0.39 is 0 Å². The second-order valence-corrected chi connectivity index (χ2v) is 7.53. The first-order valence-electron chi connectivity index (χ1n) is 9.23. The summed E-state index contributed by atoms with van der Waals surface area (Å²) in [5.74, 6) is 0.0978. The van der Waals surface area contributed by atoms with Gasteiger partial charge in [0.05, 0.1) is 11.7 Å². The molecule has 0 spiro atoms. The third-order valence-electron chi connectivity index (χ3n) is 5.44. The van der Waals surface area contributed by atoms with Crippen molar-refractivity contribution in [3.63, 3.8) is 0 Å². The molecule has 0 N–H and O–H groups in total. The SMILES string of the molecule is Cc1cccc(N2CCN(C(=O)Cn3ncc4ccc(Cl)cc43)CC2)c1C. The number of nitrogens with zero attached hydrogens (tertiary/aromatic N) is 4. The van der Waals surface area contributed by atoms with Crippen LogP contribution in [0.2, 0.25) is 5.02 Å². The number of carbonyl (C=O) groups excluding carboxylic acids is 1. The third-order valence-corrected chi connectivity index (χ3v) is 5.68. The van der Waals surface area contributed by atoms with Crippen LogP contribution in [0.25, 0.3) is 10.9 Å². The van der Waals surface area contributed by atoms with E-state index >= 15 is 0 Å². The molecule has 0 saturated carbocycles. The summed E-state index contributed by atoms with van der Waals surface area (Å²) in [6.45, 7) is 7.70. The average molecular weight is 383 g/mol. The minimum absolute atomic E-state index is 0.0978. The van der Waals surface area contributed by atoms with Gasteiger partial charge in [0.1, 0.15) is 6.54 Å². The molecule has 1 aliphatic rings. The number of halogens is 1. The lowest BCUT2D eigenvalue weighted by molar-refractivity contribution is -0.132. The molecule has 0 radical (unpaired) electrons. The maximum atomic E-state index is 12.8. The topological polar surface area (TPSA) is 41.4 Å². The molecule has 3 aromatic rings. The van der Waals surface area contributed by atoms with Crippen molar-refractivity contribution in [3.05, 3.63) is 58.7 Å². The predicted molar refractivity (Wildman–Crippen MR) is 109 cm³/mol. The van der Waals surface area contributed by atoms with Crippen LogP contribution >= 0.6 is 11.6 Å². The number of hydrogen-bond donors (Lipinski definition) is 0. The molecule has 140 valence electrons. The fourth-order valence-electron chi connectivity index (χ4n) is 3.67. The summed E-state index contributed by atoms with van der Waals surface area (Å²) >= 11 is 6.09. The Morgan fingerprint density at radius 2 is 1.89 bits per heavy atom. The van der Waals surface area contributed by atoms with Gasteiger partial charge in [-0.3, -0.25) is 9.48 Å². The zero-order valence-electron chi connectivity index (χ0n) is 15.7. The lowest BCUT2D eigenvalue weighted by atomic mass is 10.1. The summed E-state index contributed by atoms with van der Waals surface area (Å²) in [5.41, 5.74) is 4.78. The van der Waals surface area contributed by atoms with Crippen LogP contribution in [0.5, 0.6) is 0 Å². The van der Waals surface area contributed by atoms with Crippen molar-refractivity contribution in [3.8, 4) is 0 Å². The van der Waals surface area contributed by atoms with Gasteiger partial charge in [0.25, 0.3) is 0 Å². The Labute approximate surface area is 164 Å². The largest absolute Gasteiger partial charge is 0.368 e. The Hall–Kier alpha value is -2.53. The van der Waals surface area contributed by atoms with E-state index in [1.54, 1.807) is 10.9 Å². The molecule has 0 atom stereocenters. The summed E-state index contributed by atoms with van der Waals surface area (Å²) in [6, 6.07) is 12.0. The number of carbonyl (C=O) groups is 1. The third kappa shape index (κ3) is 3.52. The Bertz CT molecular complexity index is 989. The van der Waals surface area contributed by atoms with E-state index in [4.69, 9.17) is 11.6 Å². The lowest BCUT2D eigenvalue weighted by Crippen LogP contribution is -2.49. The molecule has 2 heterocycles. The maximum Gasteiger partial charge on any atom is 0.244 e. The van der Waals surface area contributed by atoms with Crippen LogP contribution in [0.1, 0.15) is 11.1 Å². The van der Waals surface area contributed by atoms with Crippen molar-refractivity contribution < 1.29 is 4.79 Å². The number of amides is 1. The fraction of sp³-hybridized carbons (Fsp3) is 0.333. The van der Waals surface area contributed by atoms with Gasteiger partial charge in [-0.05, 0) is 49.2 Å². The standard InChI is InChI=1S/C21H23ClN4O/c1-15-4-3-5-19(16(15)2)24-8-10-25(11-9-24)21(27)14-26-20-12-18(22)7-6-17(20)13-23-26/h3-7,12-13H,8-11,14H2,1-2H3. The van der Waals surface area contributed by atoms with Crippen LogP contribution < -0.4 is 4.90 Å². The molecule has 4 rings (SSSR count). The van der Waals surface area contributed by atoms with Crippen LogP contribution in [0.4, 0.5) is 5.69 Å². The number of rotatable bonds is 3. The number of fused-ring (bicyclic) bond motifs is 1. The molecule has 0 aliphatic carbocycles. The van der Waals surface area contributed by atoms with Gasteiger partial charge in [-0.25, -0.2) is 0 Å². The average Bonchev–Trinajstić information content (AvgIpc) is 3.06. The van der Waals surface area contributed by atoms with Gasteiger partial charge in [-0.2, -0.15) is 5.10 Å². The normalized spacial score (nSPS) is 14.8. The van der Waals surface area contributed by atoms with Crippen molar-refractivity contribution in [2.24, 2.45) is 0 Å². The first kappa shape index (κ1) is 17.9. The van der Waals surface area contributed by atoms with Crippen molar-refractivity contribution in [1.29, 1.82) is 0 Å². The highest BCUT2D eigenvalue weighted by atomic mass is 35.5. The van der Waals surface area contributed by atoms with Gasteiger partial charge in [0.15, 0.2) is 0 Å². The van der Waals surface area contributed by atoms with Crippen molar-refractivity contribution >= 4 is 34.1 Å². The second kappa shape index (κ2) is 7.24. The molecule has 6 heteroatoms. The van der Waals surface area contributed by atoms with Crippen LogP contribution in [0, 0.1) is 13.8 Å². The molecule has 1 fully saturated rings. The number of hydrogen-bond acceptors (Lipinski definition) is 3. The number of aromatic nitrogens is 2. The van der Waals surface area contributed by atoms with Crippen LogP contribution in [0.3, 0.4) is 0 Å². The highest BCUT2D eigenvalue weighted by Crippen LogP contribution is 2.24. The smallest absolute Gasteiger partial charge is 0.244 e. The molecule has 2 aromatic carbocycles. The molecule has 0 bridgehead atoms. The zero-order valence-corrected chi connectivity index (χ0v) is 16.4. The van der Waals surface area contributed by atoms with Crippen molar-refractivity contribution in [2.75, 3.05) is 31.1 Å². The first-order chi connectivity index (χ1) is 13.0. The van der Waals surface area contributed by atoms with E-state index in [1.807, 2.05) is 23.1 Å². The zero-order chi connectivity index (χ0) is 19.0. The molecule has 27 heavy (non-hydrogen) atoms. The number of benzene rings is 2. The highest BCUT2D eigenvalue weighted by molar-refractivity contribution is 6.31. The van der Waals surface area contributed by atoms with E-state index in [0.717, 1.165) is 37.1 Å². The number of aryl methyl sites for hydroxylation is 1. The summed E-state index contributed by atoms with van der Waals surface area (Å²) in [4.78, 5) is 17.1. The second-order valence-electron chi connectivity index (χ2n) is 7.09. The first-order valence-corrected chi connectivity index (χ1v) is 9.61. The van der Waals surface area contributed by atoms with Crippen molar-refractivity contribution in [1.82, 2.24) is 14.7 Å². The number of piperazine rings is 1. The Morgan fingerprint density at radius 3 is 2.67 bits per heavy atom. The van der Waals surface area contributed by atoms with Gasteiger partial charge < -0.3 is 9.80 Å². The van der Waals surface area contributed by atoms with E-state index in [0.29, 0.717) is 5.02 Å². The Balaban J connectivity index is 1.42. The van der Waals surface area contributed by atoms with E-state index in [1.165, 1.54) is 16.8 Å². The Morgan fingerprint density at radius 1 is 1.11 bits per heavy atom. The molecule has 5 nitrogen and oxygen atoms in total. The highest BCUT2D eigenvalue weighted by Gasteiger charge is 2.23. The minimum atomic E-state index is 0.0978. The lowest BCUT2D eigenvalue weighted by Gasteiger charge is -2.37. The summed E-state index contributed by atoms with van der Waals surface area (Å²) < 4.78 is 1.74. The van der Waals surface area contributed by atoms with Gasteiger partial charge in [-0.1, -0.05) is 23.7 Å². The van der Waals surface area contributed by atoms with Crippen LogP contribution in [0.15, 0.2) is 42.6 Å². The quantitative estimate of drug-likeness (QED) is 0.694. The number of anilines is 1. The summed E-state index contributed by atoms with van der Waals surface area (Å²) in [6.07, 6.45) is 1.78. The molecule has 0 unspecified atom stereocenters. The molecule has 1 saturated heterocycles. The molecule has 1 aromatic heterocycles. The van der Waals surface area contributed by atoms with Crippen LogP contribution in [-0.4, -0.2) is 46.8 Å². The van der Waals surface area contributed by atoms with Gasteiger partial charge in [-0.15, -0.1) is 0 Å². The molecular formula is C21H23ClN4O. The molecular weight excluding hydrogens is 360 g/mol. The molecule has 1 aliphatic heterocycles. The van der Waals surface area contributed by atoms with Crippen LogP contribution in [-0.2, 0) is 11.3 Å². The predicted octanol–water partition coefficient (Wildman–Crippen LogP) is 3.66. The minimum Gasteiger partial charge on any atom is -0.368 e. The van der Waals surface area contributed by atoms with Gasteiger partial charge in [0, 0.05) is 42.3 Å². The fourth-order valence-corrected chi connectivity index (χ4v) is 3.84. The van der Waals surface area contributed by atoms with Gasteiger partial charge in [0.2, 0.25) is 5.91 Å².